The number of nitrogens with zero attached hydrogens (tertiary/aromatic N) is 4. The van der Waals surface area contributed by atoms with Gasteiger partial charge in [-0.05, 0) is 0 Å². The van der Waals surface area contributed by atoms with Gasteiger partial charge in [0.25, 0.3) is 0 Å². The third-order valence-electron chi connectivity index (χ3n) is 3.87. The molecule has 1 amide bonds. The highest BCUT2D eigenvalue weighted by atomic mass is 16.6. The van der Waals surface area contributed by atoms with E-state index in [0.29, 0.717) is 11.2 Å². The second kappa shape index (κ2) is 6.40. The number of ether oxygens (including phenoxy) is 1. The molecule has 1 unspecified atom stereocenters. The Labute approximate surface area is 137 Å². The Bertz CT molecular complexity index is 748. The zero-order valence-electron chi connectivity index (χ0n) is 13.2. The van der Waals surface area contributed by atoms with Gasteiger partial charge in [-0.3, -0.25) is 14.7 Å². The number of aromatic nitrogens is 4. The van der Waals surface area contributed by atoms with Crippen LogP contribution in [0.25, 0.3) is 11.2 Å². The highest BCUT2D eigenvalue weighted by Crippen LogP contribution is 2.31. The predicted molar refractivity (Wildman–Crippen MR) is 81.8 cm³/mol. The summed E-state index contributed by atoms with van der Waals surface area (Å²) in [5, 5.41) is 31.8. The van der Waals surface area contributed by atoms with Crippen molar-refractivity contribution in [2.24, 2.45) is 5.92 Å². The van der Waals surface area contributed by atoms with Crippen molar-refractivity contribution in [3.8, 4) is 0 Å². The Kier molecular flexibility index (Phi) is 4.45. The number of fused-ring (bicyclic) bond motifs is 1. The van der Waals surface area contributed by atoms with E-state index in [1.807, 2.05) is 0 Å². The number of hydrogen-bond donors (Lipinski definition) is 4. The number of rotatable bonds is 4. The average molecular weight is 337 g/mol. The van der Waals surface area contributed by atoms with Gasteiger partial charge >= 0.3 is 0 Å². The number of aliphatic hydroxyl groups excluding tert-OH is 3. The van der Waals surface area contributed by atoms with E-state index in [1.165, 1.54) is 17.1 Å². The summed E-state index contributed by atoms with van der Waals surface area (Å²) in [6.07, 6.45) is -1.48. The van der Waals surface area contributed by atoms with Crippen LogP contribution < -0.4 is 5.32 Å². The lowest BCUT2D eigenvalue weighted by atomic mass is 10.1. The van der Waals surface area contributed by atoms with Gasteiger partial charge in [0.05, 0.1) is 19.1 Å². The molecule has 4 N–H and O–H groups in total. The van der Waals surface area contributed by atoms with Gasteiger partial charge in [0.15, 0.2) is 11.9 Å². The fourth-order valence-electron chi connectivity index (χ4n) is 2.44. The lowest BCUT2D eigenvalue weighted by molar-refractivity contribution is -0.118. The lowest BCUT2D eigenvalue weighted by Crippen LogP contribution is -2.33. The Hall–Kier alpha value is -2.14. The van der Waals surface area contributed by atoms with E-state index in [0.717, 1.165) is 0 Å². The summed E-state index contributed by atoms with van der Waals surface area (Å²) in [6.45, 7) is 3.07. The van der Waals surface area contributed by atoms with Crippen molar-refractivity contribution in [3.63, 3.8) is 0 Å². The number of hydrogen-bond acceptors (Lipinski definition) is 8. The molecule has 0 aromatic carbocycles. The summed E-state index contributed by atoms with van der Waals surface area (Å²) >= 11 is 0. The molecule has 0 aliphatic carbocycles. The molecule has 0 spiro atoms. The Morgan fingerprint density at radius 3 is 2.75 bits per heavy atom. The highest BCUT2D eigenvalue weighted by Gasteiger charge is 2.43. The van der Waals surface area contributed by atoms with Crippen LogP contribution >= 0.6 is 0 Å². The van der Waals surface area contributed by atoms with Crippen LogP contribution in [0.3, 0.4) is 0 Å². The molecule has 2 aromatic rings. The van der Waals surface area contributed by atoms with Crippen molar-refractivity contribution in [3.05, 3.63) is 12.5 Å². The Morgan fingerprint density at radius 1 is 1.38 bits per heavy atom. The van der Waals surface area contributed by atoms with E-state index >= 15 is 0 Å². The van der Waals surface area contributed by atoms with E-state index in [1.54, 1.807) is 13.8 Å². The molecule has 1 fully saturated rings. The molecule has 1 aliphatic rings. The van der Waals surface area contributed by atoms with Crippen LogP contribution in [0.2, 0.25) is 0 Å². The van der Waals surface area contributed by atoms with E-state index < -0.39 is 31.1 Å². The van der Waals surface area contributed by atoms with Crippen molar-refractivity contribution in [1.29, 1.82) is 0 Å². The van der Waals surface area contributed by atoms with Crippen molar-refractivity contribution < 1.29 is 24.9 Å². The van der Waals surface area contributed by atoms with E-state index in [4.69, 9.17) is 4.74 Å². The van der Waals surface area contributed by atoms with Crippen LogP contribution in [0, 0.1) is 5.92 Å². The lowest BCUT2D eigenvalue weighted by Gasteiger charge is -2.16. The van der Waals surface area contributed by atoms with Crippen LogP contribution in [-0.2, 0) is 9.53 Å². The minimum absolute atomic E-state index is 0.106. The van der Waals surface area contributed by atoms with Crippen molar-refractivity contribution in [2.75, 3.05) is 11.9 Å². The van der Waals surface area contributed by atoms with Crippen LogP contribution in [0.5, 0.6) is 0 Å². The number of carbonyl (C=O) groups is 1. The van der Waals surface area contributed by atoms with E-state index in [-0.39, 0.29) is 17.8 Å². The molecule has 130 valence electrons. The smallest absolute Gasteiger partial charge is 0.231 e. The standard InChI is InChI=1S/C14H19N5O5/c1-6(2)12(23)18-14-15-3-7-11(17-14)19(5-16-7)13-10(22)9(21)8(4-20)24-13/h3,5-6,8-10,13,20-22H,4H2,1-2H3,(H,15,17,18,23)/t8-,9+,10?,13-/m1/s1. The molecule has 10 nitrogen and oxygen atoms in total. The maximum Gasteiger partial charge on any atom is 0.231 e. The molecule has 4 atom stereocenters. The summed E-state index contributed by atoms with van der Waals surface area (Å²) in [6, 6.07) is 0. The molecule has 1 saturated heterocycles. The number of imidazole rings is 1. The van der Waals surface area contributed by atoms with Gasteiger partial charge in [-0.25, -0.2) is 9.97 Å². The number of amides is 1. The van der Waals surface area contributed by atoms with Gasteiger partial charge in [0.2, 0.25) is 11.9 Å². The van der Waals surface area contributed by atoms with Crippen molar-refractivity contribution in [2.45, 2.75) is 38.4 Å². The van der Waals surface area contributed by atoms with E-state index in [2.05, 4.69) is 20.3 Å². The summed E-state index contributed by atoms with van der Waals surface area (Å²) in [4.78, 5) is 24.1. The zero-order valence-corrected chi connectivity index (χ0v) is 13.2. The fraction of sp³-hybridized carbons (Fsp3) is 0.571. The first-order valence-corrected chi connectivity index (χ1v) is 7.55. The maximum atomic E-state index is 11.8. The second-order valence-electron chi connectivity index (χ2n) is 5.93. The molecule has 2 aromatic heterocycles. The highest BCUT2D eigenvalue weighted by molar-refractivity contribution is 5.91. The topological polar surface area (TPSA) is 143 Å². The molecule has 24 heavy (non-hydrogen) atoms. The first-order chi connectivity index (χ1) is 11.4. The Morgan fingerprint density at radius 2 is 2.12 bits per heavy atom. The summed E-state index contributed by atoms with van der Waals surface area (Å²) < 4.78 is 6.91. The maximum absolute atomic E-state index is 11.8. The Balaban J connectivity index is 1.93. The van der Waals surface area contributed by atoms with Crippen LogP contribution in [0.4, 0.5) is 5.95 Å². The van der Waals surface area contributed by atoms with Crippen LogP contribution in [0.1, 0.15) is 20.1 Å². The molecule has 10 heteroatoms. The molecule has 1 aliphatic heterocycles. The first-order valence-electron chi connectivity index (χ1n) is 7.55. The SMILES string of the molecule is CC(C)C(=O)Nc1ncc2ncn([C@@H]3O[C@H](CO)[C@H](O)C3O)c2n1. The number of anilines is 1. The predicted octanol–water partition coefficient (Wildman–Crippen LogP) is -0.968. The number of carbonyl (C=O) groups excluding carboxylic acids is 1. The summed E-state index contributed by atoms with van der Waals surface area (Å²) in [7, 11) is 0. The minimum atomic E-state index is -1.25. The molecule has 0 bridgehead atoms. The molecular formula is C14H19N5O5. The van der Waals surface area contributed by atoms with E-state index in [9.17, 15) is 20.1 Å². The average Bonchev–Trinajstić information content (AvgIpc) is 3.09. The molecule has 3 rings (SSSR count). The molecule has 0 radical (unpaired) electrons. The third kappa shape index (κ3) is 2.84. The minimum Gasteiger partial charge on any atom is -0.394 e. The van der Waals surface area contributed by atoms with Gasteiger partial charge in [-0.2, -0.15) is 4.98 Å². The van der Waals surface area contributed by atoms with Gasteiger partial charge < -0.3 is 20.1 Å². The number of aliphatic hydroxyl groups is 3. The third-order valence-corrected chi connectivity index (χ3v) is 3.87. The zero-order chi connectivity index (χ0) is 17.4. The van der Waals surface area contributed by atoms with Crippen LogP contribution in [-0.4, -0.2) is 65.7 Å². The normalized spacial score (nSPS) is 27.1. The first kappa shape index (κ1) is 16.7. The van der Waals surface area contributed by atoms with Gasteiger partial charge in [-0.15, -0.1) is 0 Å². The number of nitrogens with one attached hydrogen (secondary N) is 1. The van der Waals surface area contributed by atoms with Gasteiger partial charge in [0.1, 0.15) is 23.8 Å². The largest absolute Gasteiger partial charge is 0.394 e. The van der Waals surface area contributed by atoms with Gasteiger partial charge in [0, 0.05) is 5.92 Å². The second-order valence-corrected chi connectivity index (χ2v) is 5.93. The monoisotopic (exact) mass is 337 g/mol. The van der Waals surface area contributed by atoms with Crippen molar-refractivity contribution in [1.82, 2.24) is 19.5 Å². The van der Waals surface area contributed by atoms with Gasteiger partial charge in [-0.1, -0.05) is 13.8 Å². The van der Waals surface area contributed by atoms with Crippen LogP contribution in [0.15, 0.2) is 12.5 Å². The summed E-state index contributed by atoms with van der Waals surface area (Å²) in [5.41, 5.74) is 0.772. The molecular weight excluding hydrogens is 318 g/mol. The molecule has 0 saturated carbocycles. The fourth-order valence-corrected chi connectivity index (χ4v) is 2.44. The molecule has 3 heterocycles. The quantitative estimate of drug-likeness (QED) is 0.558. The summed E-state index contributed by atoms with van der Waals surface area (Å²) in [5.74, 6) is -0.349. The van der Waals surface area contributed by atoms with Crippen molar-refractivity contribution >= 4 is 23.0 Å².